The van der Waals surface area contributed by atoms with Gasteiger partial charge in [0.2, 0.25) is 0 Å². The van der Waals surface area contributed by atoms with E-state index in [0.29, 0.717) is 0 Å². The molecule has 0 fully saturated rings. The average Bonchev–Trinajstić information content (AvgIpc) is 2.30. The molecule has 0 aliphatic carbocycles. The van der Waals surface area contributed by atoms with Crippen LogP contribution >= 0.6 is 15.9 Å². The van der Waals surface area contributed by atoms with E-state index in [0.717, 1.165) is 16.8 Å². The summed E-state index contributed by atoms with van der Waals surface area (Å²) in [5, 5.41) is 3.40. The number of nitrogens with one attached hydrogen (secondary N) is 1. The molecule has 1 N–H and O–H groups in total. The highest BCUT2D eigenvalue weighted by Gasteiger charge is 2.03. The first-order chi connectivity index (χ1) is 8.18. The van der Waals surface area contributed by atoms with Crippen LogP contribution in [0.3, 0.4) is 0 Å². The van der Waals surface area contributed by atoms with Crippen LogP contribution in [-0.4, -0.2) is 4.98 Å². The van der Waals surface area contributed by atoms with Crippen molar-refractivity contribution in [1.29, 1.82) is 0 Å². The van der Waals surface area contributed by atoms with Crippen molar-refractivity contribution in [3.63, 3.8) is 0 Å². The number of pyridine rings is 1. The van der Waals surface area contributed by atoms with E-state index in [-0.39, 0.29) is 0 Å². The highest BCUT2D eigenvalue weighted by atomic mass is 79.9. The lowest BCUT2D eigenvalue weighted by atomic mass is 10.0. The van der Waals surface area contributed by atoms with Crippen LogP contribution < -0.4 is 5.32 Å². The van der Waals surface area contributed by atoms with Crippen LogP contribution in [-0.2, 0) is 6.54 Å². The Bertz CT molecular complexity index is 503. The summed E-state index contributed by atoms with van der Waals surface area (Å²) in [7, 11) is 0. The molecule has 0 radical (unpaired) electrons. The van der Waals surface area contributed by atoms with Gasteiger partial charge in [0.25, 0.3) is 0 Å². The number of nitrogens with zero attached hydrogens (tertiary/aromatic N) is 1. The predicted molar refractivity (Wildman–Crippen MR) is 75.2 cm³/mol. The van der Waals surface area contributed by atoms with Gasteiger partial charge in [0.05, 0.1) is 5.69 Å². The second-order valence-electron chi connectivity index (χ2n) is 4.07. The van der Waals surface area contributed by atoms with E-state index in [4.69, 9.17) is 0 Å². The van der Waals surface area contributed by atoms with E-state index in [9.17, 15) is 0 Å². The molecule has 1 aromatic heterocycles. The maximum absolute atomic E-state index is 4.19. The second kappa shape index (κ2) is 5.32. The lowest BCUT2D eigenvalue weighted by molar-refractivity contribution is 1.08. The maximum Gasteiger partial charge on any atom is 0.129 e. The summed E-state index contributed by atoms with van der Waals surface area (Å²) in [6.07, 6.45) is 1.77. The van der Waals surface area contributed by atoms with Gasteiger partial charge < -0.3 is 5.32 Å². The summed E-state index contributed by atoms with van der Waals surface area (Å²) in [6, 6.07) is 10.3. The van der Waals surface area contributed by atoms with E-state index in [2.05, 4.69) is 58.3 Å². The zero-order chi connectivity index (χ0) is 12.3. The van der Waals surface area contributed by atoms with Crippen LogP contribution in [0.15, 0.2) is 41.1 Å². The van der Waals surface area contributed by atoms with Crippen LogP contribution in [0.5, 0.6) is 0 Å². The molecule has 0 spiro atoms. The van der Waals surface area contributed by atoms with Gasteiger partial charge in [0, 0.05) is 12.7 Å². The molecule has 2 rings (SSSR count). The molecule has 0 bridgehead atoms. The fourth-order valence-corrected chi connectivity index (χ4v) is 2.22. The molecule has 0 aliphatic heterocycles. The minimum Gasteiger partial charge on any atom is -0.379 e. The second-order valence-corrected chi connectivity index (χ2v) is 4.82. The molecule has 88 valence electrons. The molecule has 0 aliphatic rings. The van der Waals surface area contributed by atoms with Crippen molar-refractivity contribution in [1.82, 2.24) is 4.98 Å². The Labute approximate surface area is 110 Å². The van der Waals surface area contributed by atoms with Crippen molar-refractivity contribution < 1.29 is 0 Å². The minimum absolute atomic E-state index is 0.822. The van der Waals surface area contributed by atoms with Gasteiger partial charge in [-0.25, -0.2) is 4.98 Å². The van der Waals surface area contributed by atoms with Crippen LogP contribution in [0.1, 0.15) is 16.7 Å². The van der Waals surface area contributed by atoms with Gasteiger partial charge in [-0.05, 0) is 58.6 Å². The SMILES string of the molecule is Cc1cccc(C)c1CNc1cccnc1Br. The van der Waals surface area contributed by atoms with Gasteiger partial charge in [0.15, 0.2) is 0 Å². The monoisotopic (exact) mass is 290 g/mol. The first-order valence-electron chi connectivity index (χ1n) is 5.58. The van der Waals surface area contributed by atoms with Gasteiger partial charge in [0.1, 0.15) is 4.60 Å². The first-order valence-corrected chi connectivity index (χ1v) is 6.37. The van der Waals surface area contributed by atoms with E-state index in [1.807, 2.05) is 12.1 Å². The Hall–Kier alpha value is -1.35. The number of aryl methyl sites for hydroxylation is 2. The van der Waals surface area contributed by atoms with Crippen molar-refractivity contribution in [3.05, 3.63) is 57.8 Å². The number of aromatic nitrogens is 1. The molecule has 2 nitrogen and oxygen atoms in total. The van der Waals surface area contributed by atoms with E-state index >= 15 is 0 Å². The smallest absolute Gasteiger partial charge is 0.129 e. The highest BCUT2D eigenvalue weighted by molar-refractivity contribution is 9.10. The van der Waals surface area contributed by atoms with Crippen LogP contribution in [0.25, 0.3) is 0 Å². The number of hydrogen-bond acceptors (Lipinski definition) is 2. The summed E-state index contributed by atoms with van der Waals surface area (Å²) in [4.78, 5) is 4.19. The summed E-state index contributed by atoms with van der Waals surface area (Å²) in [5.74, 6) is 0. The molecular formula is C14H15BrN2. The lowest BCUT2D eigenvalue weighted by Gasteiger charge is -2.12. The topological polar surface area (TPSA) is 24.9 Å². The van der Waals surface area contributed by atoms with Crippen LogP contribution in [0.4, 0.5) is 5.69 Å². The van der Waals surface area contributed by atoms with Gasteiger partial charge >= 0.3 is 0 Å². The van der Waals surface area contributed by atoms with Crippen LogP contribution in [0, 0.1) is 13.8 Å². The van der Waals surface area contributed by atoms with Crippen molar-refractivity contribution in [2.75, 3.05) is 5.32 Å². The van der Waals surface area contributed by atoms with Gasteiger partial charge in [-0.15, -0.1) is 0 Å². The summed E-state index contributed by atoms with van der Waals surface area (Å²) in [5.41, 5.74) is 5.01. The van der Waals surface area contributed by atoms with Crippen molar-refractivity contribution in [2.45, 2.75) is 20.4 Å². The van der Waals surface area contributed by atoms with Crippen molar-refractivity contribution >= 4 is 21.6 Å². The van der Waals surface area contributed by atoms with E-state index < -0.39 is 0 Å². The molecule has 0 unspecified atom stereocenters. The number of benzene rings is 1. The number of anilines is 1. The summed E-state index contributed by atoms with van der Waals surface area (Å²) in [6.45, 7) is 5.10. The standard InChI is InChI=1S/C14H15BrN2/c1-10-5-3-6-11(2)12(10)9-17-13-7-4-8-16-14(13)15/h3-8,17H,9H2,1-2H3. The van der Waals surface area contributed by atoms with Crippen LogP contribution in [0.2, 0.25) is 0 Å². The summed E-state index contributed by atoms with van der Waals surface area (Å²) < 4.78 is 0.853. The zero-order valence-electron chi connectivity index (χ0n) is 10.00. The minimum atomic E-state index is 0.822. The Balaban J connectivity index is 2.16. The van der Waals surface area contributed by atoms with Gasteiger partial charge in [-0.1, -0.05) is 18.2 Å². The first kappa shape index (κ1) is 12.1. The van der Waals surface area contributed by atoms with Crippen molar-refractivity contribution in [3.8, 4) is 0 Å². The van der Waals surface area contributed by atoms with E-state index in [1.54, 1.807) is 6.20 Å². The molecular weight excluding hydrogens is 276 g/mol. The Morgan fingerprint density at radius 1 is 1.12 bits per heavy atom. The fourth-order valence-electron chi connectivity index (χ4n) is 1.83. The largest absolute Gasteiger partial charge is 0.379 e. The molecule has 0 atom stereocenters. The van der Waals surface area contributed by atoms with Gasteiger partial charge in [-0.3, -0.25) is 0 Å². The predicted octanol–water partition coefficient (Wildman–Crippen LogP) is 4.07. The molecule has 1 heterocycles. The van der Waals surface area contributed by atoms with Crippen molar-refractivity contribution in [2.24, 2.45) is 0 Å². The Kier molecular flexibility index (Phi) is 3.79. The lowest BCUT2D eigenvalue weighted by Crippen LogP contribution is -2.04. The number of rotatable bonds is 3. The highest BCUT2D eigenvalue weighted by Crippen LogP contribution is 2.21. The third-order valence-electron chi connectivity index (χ3n) is 2.86. The average molecular weight is 291 g/mol. The summed E-state index contributed by atoms with van der Waals surface area (Å²) >= 11 is 3.43. The molecule has 0 saturated heterocycles. The van der Waals surface area contributed by atoms with E-state index in [1.165, 1.54) is 16.7 Å². The molecule has 0 saturated carbocycles. The Morgan fingerprint density at radius 3 is 2.47 bits per heavy atom. The Morgan fingerprint density at radius 2 is 1.82 bits per heavy atom. The number of halogens is 1. The number of hydrogen-bond donors (Lipinski definition) is 1. The third-order valence-corrected chi connectivity index (χ3v) is 3.49. The molecule has 2 aromatic rings. The molecule has 17 heavy (non-hydrogen) atoms. The fraction of sp³-hybridized carbons (Fsp3) is 0.214. The third kappa shape index (κ3) is 2.86. The normalized spacial score (nSPS) is 10.3. The molecule has 0 amide bonds. The zero-order valence-corrected chi connectivity index (χ0v) is 11.6. The quantitative estimate of drug-likeness (QED) is 0.862. The molecule has 1 aromatic carbocycles. The maximum atomic E-state index is 4.19. The molecule has 3 heteroatoms. The van der Waals surface area contributed by atoms with Gasteiger partial charge in [-0.2, -0.15) is 0 Å².